The number of methoxy groups -OCH3 is 1. The SMILES string of the molecule is COc1c(C(=O)O)cccc1-c1ccc(C)c2ccccc12. The summed E-state index contributed by atoms with van der Waals surface area (Å²) in [6, 6.07) is 17.4. The Morgan fingerprint density at radius 2 is 1.64 bits per heavy atom. The summed E-state index contributed by atoms with van der Waals surface area (Å²) in [6.07, 6.45) is 0. The minimum absolute atomic E-state index is 0.171. The summed E-state index contributed by atoms with van der Waals surface area (Å²) >= 11 is 0. The Hall–Kier alpha value is -2.81. The molecule has 3 aromatic rings. The van der Waals surface area contributed by atoms with Crippen molar-refractivity contribution in [1.29, 1.82) is 0 Å². The summed E-state index contributed by atoms with van der Waals surface area (Å²) in [5.41, 5.74) is 3.12. The second-order valence-electron chi connectivity index (χ2n) is 5.17. The van der Waals surface area contributed by atoms with Crippen molar-refractivity contribution in [3.05, 3.63) is 65.7 Å². The summed E-state index contributed by atoms with van der Waals surface area (Å²) < 4.78 is 5.39. The average Bonchev–Trinajstić information content (AvgIpc) is 2.54. The van der Waals surface area contributed by atoms with Gasteiger partial charge in [-0.2, -0.15) is 0 Å². The van der Waals surface area contributed by atoms with Gasteiger partial charge in [0.1, 0.15) is 11.3 Å². The molecule has 0 radical (unpaired) electrons. The average molecular weight is 292 g/mol. The molecule has 3 heteroatoms. The standard InChI is InChI=1S/C19H16O3/c1-12-10-11-15(14-7-4-3-6-13(12)14)16-8-5-9-17(19(20)21)18(16)22-2/h3-11H,1-2H3,(H,20,21). The number of carbonyl (C=O) groups is 1. The Bertz CT molecular complexity index is 866. The molecule has 0 aliphatic rings. The number of benzene rings is 3. The van der Waals surface area contributed by atoms with Crippen LogP contribution in [0.4, 0.5) is 0 Å². The molecule has 3 rings (SSSR count). The van der Waals surface area contributed by atoms with E-state index in [9.17, 15) is 9.90 Å². The van der Waals surface area contributed by atoms with Crippen LogP contribution in [0, 0.1) is 6.92 Å². The van der Waals surface area contributed by atoms with E-state index in [0.717, 1.165) is 21.9 Å². The highest BCUT2D eigenvalue weighted by Gasteiger charge is 2.17. The highest BCUT2D eigenvalue weighted by atomic mass is 16.5. The van der Waals surface area contributed by atoms with Crippen LogP contribution in [0.3, 0.4) is 0 Å². The lowest BCUT2D eigenvalue weighted by Crippen LogP contribution is -2.02. The van der Waals surface area contributed by atoms with Gasteiger partial charge in [0.05, 0.1) is 7.11 Å². The van der Waals surface area contributed by atoms with Crippen LogP contribution in [0.25, 0.3) is 21.9 Å². The predicted molar refractivity (Wildman–Crippen MR) is 87.6 cm³/mol. The number of aryl methyl sites for hydroxylation is 1. The lowest BCUT2D eigenvalue weighted by atomic mass is 9.94. The van der Waals surface area contributed by atoms with Crippen LogP contribution in [-0.2, 0) is 0 Å². The van der Waals surface area contributed by atoms with Crippen molar-refractivity contribution in [2.75, 3.05) is 7.11 Å². The Labute approximate surface area is 128 Å². The summed E-state index contributed by atoms with van der Waals surface area (Å²) in [5, 5.41) is 11.6. The molecule has 22 heavy (non-hydrogen) atoms. The number of hydrogen-bond acceptors (Lipinski definition) is 2. The van der Waals surface area contributed by atoms with Crippen molar-refractivity contribution in [2.24, 2.45) is 0 Å². The molecule has 0 unspecified atom stereocenters. The highest BCUT2D eigenvalue weighted by molar-refractivity contribution is 6.02. The molecule has 0 saturated carbocycles. The zero-order chi connectivity index (χ0) is 15.7. The van der Waals surface area contributed by atoms with Crippen LogP contribution in [-0.4, -0.2) is 18.2 Å². The van der Waals surface area contributed by atoms with Crippen LogP contribution < -0.4 is 4.74 Å². The third-order valence-electron chi connectivity index (χ3n) is 3.88. The lowest BCUT2D eigenvalue weighted by molar-refractivity contribution is 0.0693. The van der Waals surface area contributed by atoms with E-state index in [-0.39, 0.29) is 5.56 Å². The van der Waals surface area contributed by atoms with Gasteiger partial charge in [0.2, 0.25) is 0 Å². The normalized spacial score (nSPS) is 10.6. The van der Waals surface area contributed by atoms with Gasteiger partial charge in [0, 0.05) is 5.56 Å². The minimum Gasteiger partial charge on any atom is -0.495 e. The molecular weight excluding hydrogens is 276 g/mol. The molecule has 0 amide bonds. The van der Waals surface area contributed by atoms with E-state index in [2.05, 4.69) is 13.0 Å². The molecule has 0 atom stereocenters. The largest absolute Gasteiger partial charge is 0.495 e. The number of para-hydroxylation sites is 1. The summed E-state index contributed by atoms with van der Waals surface area (Å²) in [6.45, 7) is 2.07. The molecule has 3 nitrogen and oxygen atoms in total. The first-order valence-electron chi connectivity index (χ1n) is 7.02. The zero-order valence-electron chi connectivity index (χ0n) is 12.5. The smallest absolute Gasteiger partial charge is 0.339 e. The van der Waals surface area contributed by atoms with E-state index >= 15 is 0 Å². The van der Waals surface area contributed by atoms with Gasteiger partial charge in [-0.05, 0) is 34.9 Å². The molecular formula is C19H16O3. The Kier molecular flexibility index (Phi) is 3.55. The maximum absolute atomic E-state index is 11.4. The maximum Gasteiger partial charge on any atom is 0.339 e. The Balaban J connectivity index is 2.36. The van der Waals surface area contributed by atoms with Crippen LogP contribution >= 0.6 is 0 Å². The quantitative estimate of drug-likeness (QED) is 0.772. The fourth-order valence-electron chi connectivity index (χ4n) is 2.82. The van der Waals surface area contributed by atoms with Crippen LogP contribution in [0.5, 0.6) is 5.75 Å². The summed E-state index contributed by atoms with van der Waals surface area (Å²) in [7, 11) is 1.50. The maximum atomic E-state index is 11.4. The third kappa shape index (κ3) is 2.21. The molecule has 0 heterocycles. The van der Waals surface area contributed by atoms with Crippen molar-refractivity contribution >= 4 is 16.7 Å². The Morgan fingerprint density at radius 1 is 0.909 bits per heavy atom. The molecule has 1 N–H and O–H groups in total. The van der Waals surface area contributed by atoms with Crippen LogP contribution in [0.15, 0.2) is 54.6 Å². The first kappa shape index (κ1) is 14.1. The van der Waals surface area contributed by atoms with Gasteiger partial charge in [-0.1, -0.05) is 48.5 Å². The van der Waals surface area contributed by atoms with E-state index in [1.54, 1.807) is 12.1 Å². The summed E-state index contributed by atoms with van der Waals surface area (Å²) in [5.74, 6) is -0.598. The molecule has 0 saturated heterocycles. The molecule has 110 valence electrons. The number of rotatable bonds is 3. The van der Waals surface area contributed by atoms with Gasteiger partial charge in [-0.15, -0.1) is 0 Å². The first-order chi connectivity index (χ1) is 10.6. The minimum atomic E-state index is -0.991. The van der Waals surface area contributed by atoms with Gasteiger partial charge >= 0.3 is 5.97 Å². The number of carboxylic acid groups (broad SMARTS) is 1. The van der Waals surface area contributed by atoms with Crippen molar-refractivity contribution in [3.8, 4) is 16.9 Å². The topological polar surface area (TPSA) is 46.5 Å². The molecule has 0 fully saturated rings. The van der Waals surface area contributed by atoms with Gasteiger partial charge in [-0.25, -0.2) is 4.79 Å². The molecule has 0 spiro atoms. The van der Waals surface area contributed by atoms with Crippen LogP contribution in [0.2, 0.25) is 0 Å². The monoisotopic (exact) mass is 292 g/mol. The van der Waals surface area contributed by atoms with Gasteiger partial charge < -0.3 is 9.84 Å². The molecule has 0 aliphatic carbocycles. The van der Waals surface area contributed by atoms with Gasteiger partial charge in [-0.3, -0.25) is 0 Å². The highest BCUT2D eigenvalue weighted by Crippen LogP contribution is 2.37. The van der Waals surface area contributed by atoms with Crippen molar-refractivity contribution in [1.82, 2.24) is 0 Å². The van der Waals surface area contributed by atoms with E-state index in [0.29, 0.717) is 5.75 Å². The number of hydrogen-bond donors (Lipinski definition) is 1. The number of aromatic carboxylic acids is 1. The van der Waals surface area contributed by atoms with E-state index in [4.69, 9.17) is 4.74 Å². The Morgan fingerprint density at radius 3 is 2.32 bits per heavy atom. The van der Waals surface area contributed by atoms with Crippen LogP contribution in [0.1, 0.15) is 15.9 Å². The number of fused-ring (bicyclic) bond motifs is 1. The lowest BCUT2D eigenvalue weighted by Gasteiger charge is -2.14. The third-order valence-corrected chi connectivity index (χ3v) is 3.88. The fraction of sp³-hybridized carbons (Fsp3) is 0.105. The van der Waals surface area contributed by atoms with Crippen molar-refractivity contribution < 1.29 is 14.6 Å². The first-order valence-corrected chi connectivity index (χ1v) is 7.02. The second-order valence-corrected chi connectivity index (χ2v) is 5.17. The van der Waals surface area contributed by atoms with E-state index in [1.807, 2.05) is 36.4 Å². The van der Waals surface area contributed by atoms with Crippen molar-refractivity contribution in [3.63, 3.8) is 0 Å². The molecule has 0 bridgehead atoms. The summed E-state index contributed by atoms with van der Waals surface area (Å²) in [4.78, 5) is 11.4. The molecule has 3 aromatic carbocycles. The number of ether oxygens (including phenoxy) is 1. The molecule has 0 aromatic heterocycles. The van der Waals surface area contributed by atoms with Gasteiger partial charge in [0.25, 0.3) is 0 Å². The van der Waals surface area contributed by atoms with Gasteiger partial charge in [0.15, 0.2) is 0 Å². The second kappa shape index (κ2) is 5.53. The number of carboxylic acids is 1. The van der Waals surface area contributed by atoms with Crippen molar-refractivity contribution in [2.45, 2.75) is 6.92 Å². The fourth-order valence-corrected chi connectivity index (χ4v) is 2.82. The molecule has 0 aliphatic heterocycles. The zero-order valence-corrected chi connectivity index (χ0v) is 12.5. The predicted octanol–water partition coefficient (Wildman–Crippen LogP) is 4.52. The van der Waals surface area contributed by atoms with E-state index in [1.165, 1.54) is 12.7 Å². The van der Waals surface area contributed by atoms with E-state index < -0.39 is 5.97 Å².